The minimum atomic E-state index is -1.19. The Morgan fingerprint density at radius 3 is 2.29 bits per heavy atom. The number of rotatable bonds is 9. The minimum absolute atomic E-state index is 0.0470. The lowest BCUT2D eigenvalue weighted by molar-refractivity contribution is -0.145. The lowest BCUT2D eigenvalue weighted by Crippen LogP contribution is -2.56. The first-order valence-electron chi connectivity index (χ1n) is 10.7. The van der Waals surface area contributed by atoms with Crippen LogP contribution < -0.4 is 10.6 Å². The van der Waals surface area contributed by atoms with Gasteiger partial charge in [0.25, 0.3) is 0 Å². The van der Waals surface area contributed by atoms with Gasteiger partial charge in [0.15, 0.2) is 0 Å². The van der Waals surface area contributed by atoms with Gasteiger partial charge in [0.1, 0.15) is 24.2 Å². The summed E-state index contributed by atoms with van der Waals surface area (Å²) in [5.41, 5.74) is 0.0277. The second-order valence-corrected chi connectivity index (χ2v) is 9.01. The zero-order chi connectivity index (χ0) is 26.1. The molecule has 0 fully saturated rings. The molecule has 2 unspecified atom stereocenters. The molecule has 2 atom stereocenters. The summed E-state index contributed by atoms with van der Waals surface area (Å²) < 4.78 is 9.84. The Morgan fingerprint density at radius 1 is 1.18 bits per heavy atom. The third-order valence-electron chi connectivity index (χ3n) is 4.55. The molecular formula is C24H33N3O6S. The van der Waals surface area contributed by atoms with Gasteiger partial charge in [-0.2, -0.15) is 12.6 Å². The molecule has 186 valence electrons. The number of carbonyl (C=O) groups is 4. The predicted molar refractivity (Wildman–Crippen MR) is 131 cm³/mol. The number of amides is 3. The highest BCUT2D eigenvalue weighted by Crippen LogP contribution is 2.27. The number of hydrogen-bond acceptors (Lipinski definition) is 7. The maximum atomic E-state index is 13.6. The topological polar surface area (TPSA) is 114 Å². The summed E-state index contributed by atoms with van der Waals surface area (Å²) >= 11 is 4.22. The molecule has 1 rings (SSSR count). The Hall–Kier alpha value is -3.19. The summed E-state index contributed by atoms with van der Waals surface area (Å²) in [5, 5.41) is 5.01. The van der Waals surface area contributed by atoms with Gasteiger partial charge in [-0.1, -0.05) is 24.1 Å². The molecule has 0 aromatic heterocycles. The number of esters is 1. The van der Waals surface area contributed by atoms with Crippen LogP contribution in [0.1, 0.15) is 51.8 Å². The molecule has 0 aliphatic rings. The van der Waals surface area contributed by atoms with Gasteiger partial charge < -0.3 is 25.0 Å². The molecule has 0 spiro atoms. The summed E-state index contributed by atoms with van der Waals surface area (Å²) in [6, 6.07) is 3.92. The Kier molecular flexibility index (Phi) is 10.9. The van der Waals surface area contributed by atoms with E-state index in [9.17, 15) is 19.2 Å². The van der Waals surface area contributed by atoms with Gasteiger partial charge in [-0.15, -0.1) is 6.42 Å². The van der Waals surface area contributed by atoms with Crippen molar-refractivity contribution in [1.29, 1.82) is 0 Å². The molecule has 10 heteroatoms. The summed E-state index contributed by atoms with van der Waals surface area (Å²) in [6.07, 6.45) is 4.86. The van der Waals surface area contributed by atoms with Crippen molar-refractivity contribution in [1.82, 2.24) is 15.5 Å². The lowest BCUT2D eigenvalue weighted by Gasteiger charge is -2.37. The van der Waals surface area contributed by atoms with Crippen molar-refractivity contribution >= 4 is 36.5 Å². The van der Waals surface area contributed by atoms with E-state index in [4.69, 9.17) is 11.2 Å². The van der Waals surface area contributed by atoms with Crippen molar-refractivity contribution in [2.75, 3.05) is 19.4 Å². The number of nitrogens with one attached hydrogen (secondary N) is 2. The zero-order valence-corrected chi connectivity index (χ0v) is 21.3. The highest BCUT2D eigenvalue weighted by atomic mass is 32.1. The fourth-order valence-electron chi connectivity index (χ4n) is 3.11. The van der Waals surface area contributed by atoms with Gasteiger partial charge in [-0.25, -0.2) is 4.79 Å². The van der Waals surface area contributed by atoms with Crippen molar-refractivity contribution in [2.24, 2.45) is 0 Å². The Bertz CT molecular complexity index is 935. The molecule has 2 N–H and O–H groups in total. The van der Waals surface area contributed by atoms with Crippen LogP contribution in [0.15, 0.2) is 24.3 Å². The lowest BCUT2D eigenvalue weighted by atomic mass is 9.96. The summed E-state index contributed by atoms with van der Waals surface area (Å²) in [6.45, 7) is 8.14. The number of terminal acetylenes is 1. The van der Waals surface area contributed by atoms with E-state index in [0.717, 1.165) is 0 Å². The van der Waals surface area contributed by atoms with E-state index in [-0.39, 0.29) is 5.75 Å². The molecule has 0 aliphatic heterocycles. The van der Waals surface area contributed by atoms with Crippen molar-refractivity contribution in [2.45, 2.75) is 58.3 Å². The van der Waals surface area contributed by atoms with Crippen LogP contribution in [-0.2, 0) is 23.9 Å². The van der Waals surface area contributed by atoms with Gasteiger partial charge >= 0.3 is 12.1 Å². The van der Waals surface area contributed by atoms with Crippen LogP contribution >= 0.6 is 12.6 Å². The van der Waals surface area contributed by atoms with E-state index in [1.54, 1.807) is 58.9 Å². The second kappa shape index (κ2) is 12.9. The molecule has 9 nitrogen and oxygen atoms in total. The molecule has 0 bridgehead atoms. The van der Waals surface area contributed by atoms with Crippen LogP contribution in [0.25, 0.3) is 0 Å². The molecular weight excluding hydrogens is 458 g/mol. The van der Waals surface area contributed by atoms with Gasteiger partial charge in [0.2, 0.25) is 11.8 Å². The highest BCUT2D eigenvalue weighted by Gasteiger charge is 2.38. The van der Waals surface area contributed by atoms with E-state index in [1.807, 2.05) is 0 Å². The first-order valence-corrected chi connectivity index (χ1v) is 11.3. The van der Waals surface area contributed by atoms with Crippen LogP contribution in [-0.4, -0.2) is 65.9 Å². The van der Waals surface area contributed by atoms with E-state index < -0.39 is 54.1 Å². The van der Waals surface area contributed by atoms with Crippen LogP contribution in [0, 0.1) is 12.3 Å². The van der Waals surface area contributed by atoms with E-state index in [2.05, 4.69) is 33.9 Å². The van der Waals surface area contributed by atoms with Crippen molar-refractivity contribution in [3.05, 3.63) is 35.4 Å². The van der Waals surface area contributed by atoms with Crippen LogP contribution in [0.4, 0.5) is 4.79 Å². The molecule has 0 heterocycles. The monoisotopic (exact) mass is 491 g/mol. The molecule has 34 heavy (non-hydrogen) atoms. The van der Waals surface area contributed by atoms with E-state index in [0.29, 0.717) is 11.1 Å². The number of benzene rings is 1. The Labute approximate surface area is 206 Å². The maximum absolute atomic E-state index is 13.6. The molecule has 1 aromatic rings. The average Bonchev–Trinajstić information content (AvgIpc) is 2.77. The number of hydrogen-bond donors (Lipinski definition) is 3. The van der Waals surface area contributed by atoms with Crippen molar-refractivity contribution in [3.63, 3.8) is 0 Å². The van der Waals surface area contributed by atoms with Crippen LogP contribution in [0.3, 0.4) is 0 Å². The third-order valence-corrected chi connectivity index (χ3v) is 4.92. The van der Waals surface area contributed by atoms with Gasteiger partial charge in [-0.3, -0.25) is 14.4 Å². The number of methoxy groups -OCH3 is 1. The highest BCUT2D eigenvalue weighted by molar-refractivity contribution is 7.80. The maximum Gasteiger partial charge on any atom is 0.408 e. The van der Waals surface area contributed by atoms with Crippen molar-refractivity contribution in [3.8, 4) is 12.3 Å². The first-order chi connectivity index (χ1) is 15.9. The van der Waals surface area contributed by atoms with E-state index in [1.165, 1.54) is 12.0 Å². The van der Waals surface area contributed by atoms with E-state index >= 15 is 0 Å². The average molecular weight is 492 g/mol. The fraction of sp³-hybridized carbons (Fsp3) is 0.500. The molecule has 3 amide bonds. The molecule has 0 saturated carbocycles. The second-order valence-electron chi connectivity index (χ2n) is 8.65. The number of ether oxygens (including phenoxy) is 2. The largest absolute Gasteiger partial charge is 0.468 e. The molecule has 0 radical (unpaired) electrons. The standard InChI is InChI=1S/C24H33N3O6S/c1-8-16-11-9-10-12-17(16)20(21(29)25-13-19(28)32-7)27(15(2)3)22(30)18(14-34)26-23(31)33-24(4,5)6/h1,9-12,15,18,20,34H,13-14H2,2-7H3,(H,25,29)(H,26,31). The van der Waals surface area contributed by atoms with Gasteiger partial charge in [0.05, 0.1) is 7.11 Å². The first kappa shape index (κ1) is 28.8. The molecule has 0 saturated heterocycles. The van der Waals surface area contributed by atoms with Crippen LogP contribution in [0.5, 0.6) is 0 Å². The Morgan fingerprint density at radius 2 is 1.79 bits per heavy atom. The number of nitrogens with zero attached hydrogens (tertiary/aromatic N) is 1. The summed E-state index contributed by atoms with van der Waals surface area (Å²) in [5.74, 6) is 0.624. The predicted octanol–water partition coefficient (Wildman–Crippen LogP) is 2.06. The molecule has 1 aromatic carbocycles. The normalized spacial score (nSPS) is 12.7. The van der Waals surface area contributed by atoms with Gasteiger partial charge in [-0.05, 0) is 46.2 Å². The van der Waals surface area contributed by atoms with Crippen LogP contribution in [0.2, 0.25) is 0 Å². The quantitative estimate of drug-likeness (QED) is 0.277. The number of alkyl carbamates (subject to hydrolysis) is 1. The Balaban J connectivity index is 3.44. The summed E-state index contributed by atoms with van der Waals surface area (Å²) in [7, 11) is 1.20. The van der Waals surface area contributed by atoms with Gasteiger partial charge in [0, 0.05) is 17.4 Å². The minimum Gasteiger partial charge on any atom is -0.468 e. The third kappa shape index (κ3) is 8.30. The number of carbonyl (C=O) groups excluding carboxylic acids is 4. The molecule has 0 aliphatic carbocycles. The number of thiol groups is 1. The van der Waals surface area contributed by atoms with Crippen molar-refractivity contribution < 1.29 is 28.7 Å². The SMILES string of the molecule is C#Cc1ccccc1C(C(=O)NCC(=O)OC)N(C(=O)C(CS)NC(=O)OC(C)(C)C)C(C)C. The fourth-order valence-corrected chi connectivity index (χ4v) is 3.35. The zero-order valence-electron chi connectivity index (χ0n) is 20.4. The summed E-state index contributed by atoms with van der Waals surface area (Å²) in [4.78, 5) is 52.1. The smallest absolute Gasteiger partial charge is 0.408 e.